The average molecular weight is 190 g/mol. The number of aryl methyl sites for hydroxylation is 1. The van der Waals surface area contributed by atoms with Gasteiger partial charge in [0.25, 0.3) is 0 Å². The van der Waals surface area contributed by atoms with Crippen molar-refractivity contribution in [1.82, 2.24) is 0 Å². The third-order valence-electron chi connectivity index (χ3n) is 3.24. The SMILES string of the molecule is CC(CO)c1cccc2c1CCCC2. The van der Waals surface area contributed by atoms with Crippen LogP contribution in [0, 0.1) is 0 Å². The Morgan fingerprint density at radius 2 is 2.07 bits per heavy atom. The molecule has 0 bridgehead atoms. The molecule has 0 radical (unpaired) electrons. The van der Waals surface area contributed by atoms with Crippen molar-refractivity contribution in [3.8, 4) is 0 Å². The second-order valence-electron chi connectivity index (χ2n) is 4.28. The summed E-state index contributed by atoms with van der Waals surface area (Å²) in [4.78, 5) is 0. The molecule has 0 fully saturated rings. The fourth-order valence-corrected chi connectivity index (χ4v) is 2.37. The van der Waals surface area contributed by atoms with Gasteiger partial charge in [0, 0.05) is 12.5 Å². The second-order valence-corrected chi connectivity index (χ2v) is 4.28. The molecule has 1 unspecified atom stereocenters. The quantitative estimate of drug-likeness (QED) is 0.760. The van der Waals surface area contributed by atoms with Crippen LogP contribution in [0.2, 0.25) is 0 Å². The van der Waals surface area contributed by atoms with Gasteiger partial charge in [-0.1, -0.05) is 25.1 Å². The van der Waals surface area contributed by atoms with Crippen LogP contribution in [0.25, 0.3) is 0 Å². The minimum atomic E-state index is 0.260. The van der Waals surface area contributed by atoms with E-state index in [9.17, 15) is 5.11 Å². The Hall–Kier alpha value is -0.820. The Bertz CT molecular complexity index is 317. The Labute approximate surface area is 85.8 Å². The molecule has 14 heavy (non-hydrogen) atoms. The van der Waals surface area contributed by atoms with Crippen LogP contribution in [0.1, 0.15) is 42.4 Å². The van der Waals surface area contributed by atoms with Crippen LogP contribution in [0.3, 0.4) is 0 Å². The van der Waals surface area contributed by atoms with E-state index in [-0.39, 0.29) is 6.61 Å². The zero-order valence-electron chi connectivity index (χ0n) is 8.79. The molecule has 0 saturated carbocycles. The Morgan fingerprint density at radius 3 is 2.86 bits per heavy atom. The topological polar surface area (TPSA) is 20.2 Å². The first-order valence-electron chi connectivity index (χ1n) is 5.54. The van der Waals surface area contributed by atoms with E-state index >= 15 is 0 Å². The van der Waals surface area contributed by atoms with Crippen LogP contribution >= 0.6 is 0 Å². The highest BCUT2D eigenvalue weighted by Gasteiger charge is 2.15. The van der Waals surface area contributed by atoms with Gasteiger partial charge in [-0.2, -0.15) is 0 Å². The van der Waals surface area contributed by atoms with E-state index in [1.54, 1.807) is 0 Å². The molecule has 1 aromatic carbocycles. The molecule has 1 atom stereocenters. The Kier molecular flexibility index (Phi) is 2.87. The predicted molar refractivity (Wildman–Crippen MR) is 58.6 cm³/mol. The molecule has 1 aliphatic carbocycles. The number of hydrogen-bond acceptors (Lipinski definition) is 1. The first kappa shape index (κ1) is 9.72. The standard InChI is InChI=1S/C13H18O/c1-10(9-14)12-8-4-6-11-5-2-3-7-13(11)12/h4,6,8,10,14H,2-3,5,7,9H2,1H3. The highest BCUT2D eigenvalue weighted by Crippen LogP contribution is 2.28. The molecule has 1 heteroatoms. The molecule has 0 spiro atoms. The van der Waals surface area contributed by atoms with Crippen molar-refractivity contribution in [1.29, 1.82) is 0 Å². The van der Waals surface area contributed by atoms with E-state index < -0.39 is 0 Å². The van der Waals surface area contributed by atoms with Gasteiger partial charge < -0.3 is 5.11 Å². The summed E-state index contributed by atoms with van der Waals surface area (Å²) in [5, 5.41) is 9.19. The lowest BCUT2D eigenvalue weighted by molar-refractivity contribution is 0.272. The van der Waals surface area contributed by atoms with Gasteiger partial charge in [-0.15, -0.1) is 0 Å². The molecule has 0 amide bonds. The molecule has 0 aliphatic heterocycles. The summed E-state index contributed by atoms with van der Waals surface area (Å²) >= 11 is 0. The van der Waals surface area contributed by atoms with E-state index in [2.05, 4.69) is 25.1 Å². The molecule has 2 rings (SSSR count). The van der Waals surface area contributed by atoms with Gasteiger partial charge >= 0.3 is 0 Å². The lowest BCUT2D eigenvalue weighted by Crippen LogP contribution is -2.10. The monoisotopic (exact) mass is 190 g/mol. The van der Waals surface area contributed by atoms with Gasteiger partial charge in [-0.25, -0.2) is 0 Å². The lowest BCUT2D eigenvalue weighted by atomic mass is 9.84. The molecule has 1 nitrogen and oxygen atoms in total. The van der Waals surface area contributed by atoms with Crippen molar-refractivity contribution in [3.63, 3.8) is 0 Å². The summed E-state index contributed by atoms with van der Waals surface area (Å²) in [5.74, 6) is 0.294. The lowest BCUT2D eigenvalue weighted by Gasteiger charge is -2.21. The minimum absolute atomic E-state index is 0.260. The van der Waals surface area contributed by atoms with Gasteiger partial charge in [-0.05, 0) is 42.4 Å². The Morgan fingerprint density at radius 1 is 1.29 bits per heavy atom. The van der Waals surface area contributed by atoms with Gasteiger partial charge in [0.1, 0.15) is 0 Å². The summed E-state index contributed by atoms with van der Waals surface area (Å²) in [6.45, 7) is 2.36. The van der Waals surface area contributed by atoms with E-state index in [1.165, 1.54) is 42.4 Å². The molecular weight excluding hydrogens is 172 g/mol. The van der Waals surface area contributed by atoms with E-state index in [0.717, 1.165) is 0 Å². The summed E-state index contributed by atoms with van der Waals surface area (Å²) in [5.41, 5.74) is 4.39. The largest absolute Gasteiger partial charge is 0.396 e. The van der Waals surface area contributed by atoms with Crippen molar-refractivity contribution in [2.45, 2.75) is 38.5 Å². The summed E-state index contributed by atoms with van der Waals surface area (Å²) in [6.07, 6.45) is 5.06. The maximum Gasteiger partial charge on any atom is 0.0497 e. The van der Waals surface area contributed by atoms with Gasteiger partial charge in [-0.3, -0.25) is 0 Å². The first-order chi connectivity index (χ1) is 6.83. The summed E-state index contributed by atoms with van der Waals surface area (Å²) in [6, 6.07) is 6.54. The number of aliphatic hydroxyl groups excluding tert-OH is 1. The first-order valence-corrected chi connectivity index (χ1v) is 5.54. The highest BCUT2D eigenvalue weighted by molar-refractivity contribution is 5.38. The number of rotatable bonds is 2. The van der Waals surface area contributed by atoms with Crippen molar-refractivity contribution in [2.75, 3.05) is 6.61 Å². The minimum Gasteiger partial charge on any atom is -0.396 e. The second kappa shape index (κ2) is 4.14. The molecule has 0 heterocycles. The summed E-state index contributed by atoms with van der Waals surface area (Å²) < 4.78 is 0. The maximum absolute atomic E-state index is 9.19. The number of benzene rings is 1. The van der Waals surface area contributed by atoms with Crippen LogP contribution in [-0.4, -0.2) is 11.7 Å². The van der Waals surface area contributed by atoms with Gasteiger partial charge in [0.2, 0.25) is 0 Å². The predicted octanol–water partition coefficient (Wildman–Crippen LogP) is 2.66. The molecule has 1 aliphatic rings. The molecule has 1 aromatic rings. The van der Waals surface area contributed by atoms with Crippen molar-refractivity contribution in [3.05, 3.63) is 34.9 Å². The van der Waals surface area contributed by atoms with E-state index in [0.29, 0.717) is 5.92 Å². The van der Waals surface area contributed by atoms with Crippen LogP contribution in [0.15, 0.2) is 18.2 Å². The van der Waals surface area contributed by atoms with Crippen molar-refractivity contribution >= 4 is 0 Å². The molecule has 1 N–H and O–H groups in total. The number of hydrogen-bond donors (Lipinski definition) is 1. The van der Waals surface area contributed by atoms with Crippen molar-refractivity contribution in [2.24, 2.45) is 0 Å². The molecule has 76 valence electrons. The zero-order valence-corrected chi connectivity index (χ0v) is 8.79. The number of aliphatic hydroxyl groups is 1. The Balaban J connectivity index is 2.39. The average Bonchev–Trinajstić information content (AvgIpc) is 2.27. The molecular formula is C13H18O. The van der Waals surface area contributed by atoms with Crippen LogP contribution < -0.4 is 0 Å². The number of fused-ring (bicyclic) bond motifs is 1. The van der Waals surface area contributed by atoms with E-state index in [4.69, 9.17) is 0 Å². The fourth-order valence-electron chi connectivity index (χ4n) is 2.37. The van der Waals surface area contributed by atoms with Crippen molar-refractivity contribution < 1.29 is 5.11 Å². The van der Waals surface area contributed by atoms with Gasteiger partial charge in [0.15, 0.2) is 0 Å². The van der Waals surface area contributed by atoms with Gasteiger partial charge in [0.05, 0.1) is 0 Å². The molecule has 0 aromatic heterocycles. The summed E-state index contributed by atoms with van der Waals surface area (Å²) in [7, 11) is 0. The maximum atomic E-state index is 9.19. The highest BCUT2D eigenvalue weighted by atomic mass is 16.3. The molecule has 0 saturated heterocycles. The van der Waals surface area contributed by atoms with E-state index in [1.807, 2.05) is 0 Å². The third-order valence-corrected chi connectivity index (χ3v) is 3.24. The fraction of sp³-hybridized carbons (Fsp3) is 0.538. The zero-order chi connectivity index (χ0) is 9.97. The van der Waals surface area contributed by atoms with Crippen LogP contribution in [-0.2, 0) is 12.8 Å². The smallest absolute Gasteiger partial charge is 0.0497 e. The normalized spacial score (nSPS) is 17.6. The third kappa shape index (κ3) is 1.69. The van der Waals surface area contributed by atoms with Crippen LogP contribution in [0.5, 0.6) is 0 Å². The van der Waals surface area contributed by atoms with Crippen LogP contribution in [0.4, 0.5) is 0 Å².